The smallest absolute Gasteiger partial charge is 0.319 e. The first-order valence-corrected chi connectivity index (χ1v) is 5.60. The highest BCUT2D eigenvalue weighted by atomic mass is 19.1. The third kappa shape index (κ3) is 3.08. The van der Waals surface area contributed by atoms with Gasteiger partial charge in [-0.05, 0) is 25.0 Å². The molecule has 0 saturated carbocycles. The average molecular weight is 284 g/mol. The molecule has 8 heteroatoms. The molecule has 20 heavy (non-hydrogen) atoms. The van der Waals surface area contributed by atoms with Crippen molar-refractivity contribution in [2.24, 2.45) is 5.41 Å². The van der Waals surface area contributed by atoms with Crippen LogP contribution in [0.15, 0.2) is 18.2 Å². The predicted octanol–water partition coefficient (Wildman–Crippen LogP) is 1.11. The molecule has 1 aromatic carbocycles. The quantitative estimate of drug-likeness (QED) is 0.478. The largest absolute Gasteiger partial charge is 0.480 e. The highest BCUT2D eigenvalue weighted by molar-refractivity contribution is 6.01. The number of carboxylic acid groups (broad SMARTS) is 1. The number of aliphatic carboxylic acids is 1. The van der Waals surface area contributed by atoms with Crippen LogP contribution < -0.4 is 5.32 Å². The minimum atomic E-state index is -1.84. The average Bonchev–Trinajstić information content (AvgIpc) is 2.36. The van der Waals surface area contributed by atoms with Gasteiger partial charge in [0.15, 0.2) is 0 Å². The van der Waals surface area contributed by atoms with E-state index in [1.54, 1.807) is 0 Å². The molecule has 2 N–H and O–H groups in total. The van der Waals surface area contributed by atoms with Crippen molar-refractivity contribution in [3.63, 3.8) is 0 Å². The Morgan fingerprint density at radius 1 is 1.45 bits per heavy atom. The highest BCUT2D eigenvalue weighted by Crippen LogP contribution is 2.26. The van der Waals surface area contributed by atoms with Crippen molar-refractivity contribution in [3.8, 4) is 0 Å². The van der Waals surface area contributed by atoms with Crippen molar-refractivity contribution < 1.29 is 24.0 Å². The van der Waals surface area contributed by atoms with Gasteiger partial charge < -0.3 is 10.4 Å². The molecule has 0 radical (unpaired) electrons. The summed E-state index contributed by atoms with van der Waals surface area (Å²) in [7, 11) is 1.28. The first kappa shape index (κ1) is 15.5. The molecule has 1 unspecified atom stereocenters. The number of non-ortho nitro benzene ring substituents is 1. The van der Waals surface area contributed by atoms with Gasteiger partial charge in [-0.1, -0.05) is 0 Å². The Hall–Kier alpha value is -2.51. The maximum atomic E-state index is 13.3. The molecule has 0 heterocycles. The van der Waals surface area contributed by atoms with E-state index in [1.165, 1.54) is 14.0 Å². The second-order valence-electron chi connectivity index (χ2n) is 4.47. The summed E-state index contributed by atoms with van der Waals surface area (Å²) in [5.74, 6) is -3.03. The summed E-state index contributed by atoms with van der Waals surface area (Å²) >= 11 is 0. The summed E-state index contributed by atoms with van der Waals surface area (Å²) in [6.07, 6.45) is -0.361. The van der Waals surface area contributed by atoms with Gasteiger partial charge in [-0.2, -0.15) is 0 Å². The minimum Gasteiger partial charge on any atom is -0.480 e. The molecule has 1 amide bonds. The SMILES string of the molecule is CNC(=O)C(C)(Cc1cc(F)cc([N+](=O)[O-])c1)C(=O)O. The van der Waals surface area contributed by atoms with E-state index in [9.17, 15) is 24.1 Å². The fourth-order valence-corrected chi connectivity index (χ4v) is 1.78. The van der Waals surface area contributed by atoms with Gasteiger partial charge in [-0.25, -0.2) is 4.39 Å². The molecular weight excluding hydrogens is 271 g/mol. The fraction of sp³-hybridized carbons (Fsp3) is 0.333. The molecular formula is C12H13FN2O5. The third-order valence-corrected chi connectivity index (χ3v) is 2.91. The molecule has 0 aliphatic rings. The van der Waals surface area contributed by atoms with Crippen LogP contribution in [0.1, 0.15) is 12.5 Å². The van der Waals surface area contributed by atoms with Gasteiger partial charge in [0.1, 0.15) is 11.2 Å². The Labute approximate surface area is 113 Å². The molecule has 1 aromatic rings. The maximum Gasteiger partial charge on any atom is 0.319 e. The van der Waals surface area contributed by atoms with Crippen molar-refractivity contribution >= 4 is 17.6 Å². The zero-order chi connectivity index (χ0) is 15.5. The zero-order valence-electron chi connectivity index (χ0n) is 10.8. The first-order valence-electron chi connectivity index (χ1n) is 5.60. The number of halogens is 1. The van der Waals surface area contributed by atoms with E-state index in [2.05, 4.69) is 5.32 Å². The van der Waals surface area contributed by atoms with Crippen LogP contribution in [0, 0.1) is 21.3 Å². The Kier molecular flexibility index (Phi) is 4.38. The monoisotopic (exact) mass is 284 g/mol. The molecule has 1 atom stereocenters. The van der Waals surface area contributed by atoms with E-state index < -0.39 is 33.7 Å². The van der Waals surface area contributed by atoms with Crippen LogP contribution in [0.5, 0.6) is 0 Å². The number of carbonyl (C=O) groups is 2. The summed E-state index contributed by atoms with van der Waals surface area (Å²) < 4.78 is 13.3. The number of benzene rings is 1. The summed E-state index contributed by atoms with van der Waals surface area (Å²) in [5, 5.41) is 22.0. The zero-order valence-corrected chi connectivity index (χ0v) is 10.8. The number of hydrogen-bond donors (Lipinski definition) is 2. The van der Waals surface area contributed by atoms with Gasteiger partial charge in [0, 0.05) is 13.1 Å². The molecule has 0 fully saturated rings. The van der Waals surface area contributed by atoms with Crippen LogP contribution in [0.25, 0.3) is 0 Å². The number of nitrogens with one attached hydrogen (secondary N) is 1. The predicted molar refractivity (Wildman–Crippen MR) is 66.6 cm³/mol. The van der Waals surface area contributed by atoms with Crippen LogP contribution in [-0.2, 0) is 16.0 Å². The maximum absolute atomic E-state index is 13.3. The van der Waals surface area contributed by atoms with Gasteiger partial charge in [0.2, 0.25) is 5.91 Å². The number of nitrogens with zero attached hydrogens (tertiary/aromatic N) is 1. The molecule has 1 rings (SSSR count). The summed E-state index contributed by atoms with van der Waals surface area (Å²) in [6.45, 7) is 1.17. The van der Waals surface area contributed by atoms with Crippen molar-refractivity contribution in [1.82, 2.24) is 5.32 Å². The lowest BCUT2D eigenvalue weighted by Gasteiger charge is -2.22. The summed E-state index contributed by atoms with van der Waals surface area (Å²) in [5.41, 5.74) is -2.27. The lowest BCUT2D eigenvalue weighted by atomic mass is 9.82. The van der Waals surface area contributed by atoms with E-state index >= 15 is 0 Å². The molecule has 0 bridgehead atoms. The topological polar surface area (TPSA) is 110 Å². The van der Waals surface area contributed by atoms with Crippen LogP contribution in [0.3, 0.4) is 0 Å². The molecule has 108 valence electrons. The van der Waals surface area contributed by atoms with Crippen molar-refractivity contribution in [2.75, 3.05) is 7.05 Å². The fourth-order valence-electron chi connectivity index (χ4n) is 1.78. The number of hydrogen-bond acceptors (Lipinski definition) is 4. The Morgan fingerprint density at radius 3 is 2.50 bits per heavy atom. The Balaban J connectivity index is 3.22. The van der Waals surface area contributed by atoms with E-state index in [4.69, 9.17) is 5.11 Å². The van der Waals surface area contributed by atoms with Gasteiger partial charge >= 0.3 is 5.97 Å². The van der Waals surface area contributed by atoms with Gasteiger partial charge in [-0.15, -0.1) is 0 Å². The van der Waals surface area contributed by atoms with Crippen LogP contribution in [0.4, 0.5) is 10.1 Å². The summed E-state index contributed by atoms with van der Waals surface area (Å²) in [6, 6.07) is 2.74. The minimum absolute atomic E-state index is 0.0604. The van der Waals surface area contributed by atoms with Crippen LogP contribution >= 0.6 is 0 Å². The molecule has 7 nitrogen and oxygen atoms in total. The van der Waals surface area contributed by atoms with Gasteiger partial charge in [-0.3, -0.25) is 19.7 Å². The van der Waals surface area contributed by atoms with Crippen LogP contribution in [0.2, 0.25) is 0 Å². The number of carbonyl (C=O) groups excluding carboxylic acids is 1. The standard InChI is InChI=1S/C12H13FN2O5/c1-12(11(17)18,10(16)14-2)6-7-3-8(13)5-9(4-7)15(19)20/h3-5H,6H2,1-2H3,(H,14,16)(H,17,18). The third-order valence-electron chi connectivity index (χ3n) is 2.91. The molecule has 0 aliphatic carbocycles. The van der Waals surface area contributed by atoms with Crippen molar-refractivity contribution in [3.05, 3.63) is 39.7 Å². The Bertz CT molecular complexity index is 575. The number of nitro groups is 1. The number of amides is 1. The normalized spacial score (nSPS) is 13.3. The number of nitro benzene ring substituents is 1. The second kappa shape index (κ2) is 5.64. The van der Waals surface area contributed by atoms with Gasteiger partial charge in [0.25, 0.3) is 5.69 Å². The van der Waals surface area contributed by atoms with E-state index in [1.807, 2.05) is 0 Å². The lowest BCUT2D eigenvalue weighted by molar-refractivity contribution is -0.385. The molecule has 0 aromatic heterocycles. The van der Waals surface area contributed by atoms with Crippen LogP contribution in [-0.4, -0.2) is 29.0 Å². The van der Waals surface area contributed by atoms with Crippen molar-refractivity contribution in [1.29, 1.82) is 0 Å². The van der Waals surface area contributed by atoms with E-state index in [0.29, 0.717) is 0 Å². The molecule has 0 spiro atoms. The molecule has 0 saturated heterocycles. The van der Waals surface area contributed by atoms with E-state index in [0.717, 1.165) is 18.2 Å². The number of carboxylic acids is 1. The van der Waals surface area contributed by atoms with E-state index in [-0.39, 0.29) is 12.0 Å². The first-order chi connectivity index (χ1) is 9.20. The van der Waals surface area contributed by atoms with Gasteiger partial charge in [0.05, 0.1) is 11.0 Å². The number of rotatable bonds is 5. The van der Waals surface area contributed by atoms with Crippen molar-refractivity contribution in [2.45, 2.75) is 13.3 Å². The molecule has 0 aliphatic heterocycles. The second-order valence-corrected chi connectivity index (χ2v) is 4.47. The highest BCUT2D eigenvalue weighted by Gasteiger charge is 2.41. The Morgan fingerprint density at radius 2 is 2.05 bits per heavy atom. The lowest BCUT2D eigenvalue weighted by Crippen LogP contribution is -2.44. The summed E-state index contributed by atoms with van der Waals surface area (Å²) in [4.78, 5) is 32.8.